The van der Waals surface area contributed by atoms with Crippen molar-refractivity contribution in [3.05, 3.63) is 46.7 Å². The number of nitriles is 1. The van der Waals surface area contributed by atoms with Gasteiger partial charge in [-0.05, 0) is 40.2 Å². The van der Waals surface area contributed by atoms with Crippen molar-refractivity contribution in [2.24, 2.45) is 0 Å². The zero-order valence-corrected chi connectivity index (χ0v) is 15.0. The van der Waals surface area contributed by atoms with E-state index < -0.39 is 10.0 Å². The highest BCUT2D eigenvalue weighted by atomic mass is 79.9. The van der Waals surface area contributed by atoms with Gasteiger partial charge in [0, 0.05) is 38.6 Å². The van der Waals surface area contributed by atoms with Gasteiger partial charge in [0.15, 0.2) is 5.03 Å². The van der Waals surface area contributed by atoms with Crippen LogP contribution in [0, 0.1) is 11.3 Å². The summed E-state index contributed by atoms with van der Waals surface area (Å²) in [6.45, 7) is 1.69. The molecule has 0 bridgehead atoms. The van der Waals surface area contributed by atoms with E-state index in [9.17, 15) is 8.42 Å². The van der Waals surface area contributed by atoms with E-state index in [1.54, 1.807) is 30.5 Å². The molecule has 0 N–H and O–H groups in total. The predicted molar refractivity (Wildman–Crippen MR) is 91.9 cm³/mol. The van der Waals surface area contributed by atoms with Gasteiger partial charge in [0.1, 0.15) is 5.82 Å². The second-order valence-electron chi connectivity index (χ2n) is 5.20. The van der Waals surface area contributed by atoms with Gasteiger partial charge in [-0.15, -0.1) is 0 Å². The molecule has 7 nitrogen and oxygen atoms in total. The highest BCUT2D eigenvalue weighted by Crippen LogP contribution is 2.24. The lowest BCUT2D eigenvalue weighted by molar-refractivity contribution is 0.382. The fourth-order valence-electron chi connectivity index (χ4n) is 2.50. The maximum atomic E-state index is 12.7. The van der Waals surface area contributed by atoms with Gasteiger partial charge in [-0.1, -0.05) is 0 Å². The third-order valence-corrected chi connectivity index (χ3v) is 6.51. The van der Waals surface area contributed by atoms with Crippen LogP contribution < -0.4 is 4.90 Å². The summed E-state index contributed by atoms with van der Waals surface area (Å²) in [5.41, 5.74) is 0.535. The molecule has 3 rings (SSSR count). The van der Waals surface area contributed by atoms with Crippen molar-refractivity contribution >= 4 is 31.8 Å². The van der Waals surface area contributed by atoms with Gasteiger partial charge in [0.2, 0.25) is 0 Å². The Bertz CT molecular complexity index is 889. The molecule has 1 saturated heterocycles. The molecule has 0 aromatic carbocycles. The second-order valence-corrected chi connectivity index (χ2v) is 7.90. The van der Waals surface area contributed by atoms with Crippen molar-refractivity contribution in [3.8, 4) is 6.07 Å². The van der Waals surface area contributed by atoms with Crippen LogP contribution in [0.25, 0.3) is 0 Å². The summed E-state index contributed by atoms with van der Waals surface area (Å²) in [5.74, 6) is 0.685. The Morgan fingerprint density at radius 1 is 1.12 bits per heavy atom. The first-order chi connectivity index (χ1) is 11.5. The van der Waals surface area contributed by atoms with Crippen LogP contribution in [0.1, 0.15) is 5.56 Å². The smallest absolute Gasteiger partial charge is 0.261 e. The van der Waals surface area contributed by atoms with Gasteiger partial charge in [-0.25, -0.2) is 18.4 Å². The van der Waals surface area contributed by atoms with Crippen LogP contribution >= 0.6 is 15.9 Å². The quantitative estimate of drug-likeness (QED) is 0.767. The first-order valence-corrected chi connectivity index (χ1v) is 9.47. The van der Waals surface area contributed by atoms with Crippen molar-refractivity contribution in [2.45, 2.75) is 5.03 Å². The standard InChI is InChI=1S/C15H14BrN5O2S/c16-13-2-1-4-19-15(13)24(22,23)21-8-6-20(7-9-21)14-10-12(11-17)3-5-18-14/h1-5,10H,6-9H2. The molecule has 0 radical (unpaired) electrons. The number of halogens is 1. The third kappa shape index (κ3) is 3.26. The van der Waals surface area contributed by atoms with Crippen molar-refractivity contribution in [1.29, 1.82) is 5.26 Å². The highest BCUT2D eigenvalue weighted by molar-refractivity contribution is 9.10. The van der Waals surface area contributed by atoms with E-state index in [1.165, 1.54) is 10.5 Å². The van der Waals surface area contributed by atoms with E-state index in [-0.39, 0.29) is 5.03 Å². The molecule has 0 unspecified atom stereocenters. The first-order valence-electron chi connectivity index (χ1n) is 7.24. The summed E-state index contributed by atoms with van der Waals surface area (Å²) in [6, 6.07) is 8.77. The Morgan fingerprint density at radius 3 is 2.54 bits per heavy atom. The molecule has 24 heavy (non-hydrogen) atoms. The topological polar surface area (TPSA) is 90.2 Å². The SMILES string of the molecule is N#Cc1ccnc(N2CCN(S(=O)(=O)c3ncccc3Br)CC2)c1. The number of pyridine rings is 2. The van der Waals surface area contributed by atoms with Crippen molar-refractivity contribution in [3.63, 3.8) is 0 Å². The Morgan fingerprint density at radius 2 is 1.88 bits per heavy atom. The summed E-state index contributed by atoms with van der Waals surface area (Å²) >= 11 is 3.24. The van der Waals surface area contributed by atoms with E-state index >= 15 is 0 Å². The fraction of sp³-hybridized carbons (Fsp3) is 0.267. The average Bonchev–Trinajstić information content (AvgIpc) is 2.62. The number of anilines is 1. The molecule has 0 spiro atoms. The number of aromatic nitrogens is 2. The largest absolute Gasteiger partial charge is 0.354 e. The number of rotatable bonds is 3. The number of sulfonamides is 1. The van der Waals surface area contributed by atoms with Gasteiger partial charge in [-0.3, -0.25) is 0 Å². The van der Waals surface area contributed by atoms with E-state index in [0.29, 0.717) is 42.0 Å². The van der Waals surface area contributed by atoms with Crippen molar-refractivity contribution in [2.75, 3.05) is 31.1 Å². The fourth-order valence-corrected chi connectivity index (χ4v) is 4.77. The lowest BCUT2D eigenvalue weighted by atomic mass is 10.2. The maximum absolute atomic E-state index is 12.7. The second kappa shape index (κ2) is 6.84. The minimum absolute atomic E-state index is 0.0306. The lowest BCUT2D eigenvalue weighted by Crippen LogP contribution is -2.49. The van der Waals surface area contributed by atoms with Gasteiger partial charge in [0.25, 0.3) is 10.0 Å². The molecule has 1 aliphatic rings. The summed E-state index contributed by atoms with van der Waals surface area (Å²) in [4.78, 5) is 10.2. The summed E-state index contributed by atoms with van der Waals surface area (Å²) in [7, 11) is -3.64. The number of nitrogens with zero attached hydrogens (tertiary/aromatic N) is 5. The zero-order chi connectivity index (χ0) is 17.2. The van der Waals surface area contributed by atoms with E-state index in [0.717, 1.165) is 0 Å². The minimum Gasteiger partial charge on any atom is -0.354 e. The molecular weight excluding hydrogens is 394 g/mol. The van der Waals surface area contributed by atoms with Crippen LogP contribution in [-0.2, 0) is 10.0 Å². The molecule has 1 aliphatic heterocycles. The van der Waals surface area contributed by atoms with Crippen LogP contribution in [0.3, 0.4) is 0 Å². The van der Waals surface area contributed by atoms with Crippen LogP contribution in [0.15, 0.2) is 46.2 Å². The molecular formula is C15H14BrN5O2S. The third-order valence-electron chi connectivity index (χ3n) is 3.75. The summed E-state index contributed by atoms with van der Waals surface area (Å²) in [6.07, 6.45) is 3.05. The molecule has 0 aliphatic carbocycles. The lowest BCUT2D eigenvalue weighted by Gasteiger charge is -2.34. The van der Waals surface area contributed by atoms with Crippen LogP contribution in [0.4, 0.5) is 5.82 Å². The van der Waals surface area contributed by atoms with E-state index in [4.69, 9.17) is 5.26 Å². The Labute approximate surface area is 148 Å². The number of hydrogen-bond donors (Lipinski definition) is 0. The van der Waals surface area contributed by atoms with Gasteiger partial charge < -0.3 is 4.90 Å². The number of hydrogen-bond acceptors (Lipinski definition) is 6. The molecule has 0 saturated carbocycles. The van der Waals surface area contributed by atoms with Gasteiger partial charge in [-0.2, -0.15) is 9.57 Å². The molecule has 1 fully saturated rings. The zero-order valence-electron chi connectivity index (χ0n) is 12.6. The van der Waals surface area contributed by atoms with Crippen LogP contribution in [-0.4, -0.2) is 48.9 Å². The predicted octanol–water partition coefficient (Wildman–Crippen LogP) is 1.62. The average molecular weight is 408 g/mol. The monoisotopic (exact) mass is 407 g/mol. The van der Waals surface area contributed by atoms with Gasteiger partial charge >= 0.3 is 0 Å². The molecule has 0 atom stereocenters. The molecule has 9 heteroatoms. The van der Waals surface area contributed by atoms with Crippen LogP contribution in [0.2, 0.25) is 0 Å². The maximum Gasteiger partial charge on any atom is 0.261 e. The highest BCUT2D eigenvalue weighted by Gasteiger charge is 2.31. The molecule has 124 valence electrons. The van der Waals surface area contributed by atoms with Crippen molar-refractivity contribution < 1.29 is 8.42 Å². The van der Waals surface area contributed by atoms with E-state index in [1.807, 2.05) is 4.90 Å². The molecule has 3 heterocycles. The first kappa shape index (κ1) is 16.8. The van der Waals surface area contributed by atoms with Crippen LogP contribution in [0.5, 0.6) is 0 Å². The normalized spacial score (nSPS) is 15.9. The Kier molecular flexibility index (Phi) is 4.80. The van der Waals surface area contributed by atoms with Gasteiger partial charge in [0.05, 0.1) is 16.1 Å². The molecule has 2 aromatic rings. The molecule has 2 aromatic heterocycles. The Balaban J connectivity index is 1.75. The number of piperazine rings is 1. The minimum atomic E-state index is -3.64. The Hall–Kier alpha value is -2.02. The molecule has 0 amide bonds. The van der Waals surface area contributed by atoms with Crippen molar-refractivity contribution in [1.82, 2.24) is 14.3 Å². The summed E-state index contributed by atoms with van der Waals surface area (Å²) in [5, 5.41) is 9.00. The summed E-state index contributed by atoms with van der Waals surface area (Å²) < 4.78 is 27.3. The van der Waals surface area contributed by atoms with E-state index in [2.05, 4.69) is 32.0 Å².